The number of ketones is 1. The number of methoxy groups -OCH3 is 1. The number of ether oxygens (including phenoxy) is 2. The van der Waals surface area contributed by atoms with Gasteiger partial charge in [0.05, 0.1) is 25.3 Å². The Kier molecular flexibility index (Phi) is 7.63. The molecule has 1 unspecified atom stereocenters. The molecule has 1 N–H and O–H groups in total. The predicted octanol–water partition coefficient (Wildman–Crippen LogP) is 6.72. The lowest BCUT2D eigenvalue weighted by atomic mass is 9.84. The van der Waals surface area contributed by atoms with E-state index >= 15 is 0 Å². The van der Waals surface area contributed by atoms with Crippen LogP contribution in [0, 0.1) is 6.92 Å². The second-order valence-electron chi connectivity index (χ2n) is 10.6. The average molecular weight is 514 g/mol. The van der Waals surface area contributed by atoms with E-state index < -0.39 is 17.7 Å². The quantitative estimate of drug-likeness (QED) is 0.216. The van der Waals surface area contributed by atoms with Gasteiger partial charge in [0.2, 0.25) is 0 Å². The fraction of sp³-hybridized carbons (Fsp3) is 0.312. The summed E-state index contributed by atoms with van der Waals surface area (Å²) in [6.07, 6.45) is 0.839. The third-order valence-electron chi connectivity index (χ3n) is 6.78. The molecule has 0 bridgehead atoms. The number of hydrogen-bond acceptors (Lipinski definition) is 5. The van der Waals surface area contributed by atoms with Gasteiger partial charge in [0.25, 0.3) is 11.7 Å². The van der Waals surface area contributed by atoms with Gasteiger partial charge in [-0.1, -0.05) is 58.0 Å². The maximum atomic E-state index is 13.6. The minimum atomic E-state index is -0.857. The summed E-state index contributed by atoms with van der Waals surface area (Å²) in [5.74, 6) is -0.462. The van der Waals surface area contributed by atoms with Crippen LogP contribution in [0.1, 0.15) is 62.4 Å². The summed E-state index contributed by atoms with van der Waals surface area (Å²) in [5.41, 5.74) is 3.38. The average Bonchev–Trinajstić information content (AvgIpc) is 3.17. The SMILES string of the molecule is CCCOc1cccc(N2C(=O)C(=O)/C(=C(/O)c3cc(C(C)(C)C)ccc3C)C2c2cccc(OC)c2)c1. The number of amides is 1. The van der Waals surface area contributed by atoms with Crippen LogP contribution in [0.3, 0.4) is 0 Å². The number of aryl methyl sites for hydroxylation is 1. The van der Waals surface area contributed by atoms with Crippen LogP contribution < -0.4 is 14.4 Å². The molecule has 1 fully saturated rings. The fourth-order valence-corrected chi connectivity index (χ4v) is 4.66. The van der Waals surface area contributed by atoms with E-state index in [-0.39, 0.29) is 16.7 Å². The summed E-state index contributed by atoms with van der Waals surface area (Å²) >= 11 is 0. The highest BCUT2D eigenvalue weighted by atomic mass is 16.5. The highest BCUT2D eigenvalue weighted by Crippen LogP contribution is 2.44. The van der Waals surface area contributed by atoms with Crippen molar-refractivity contribution < 1.29 is 24.2 Å². The summed E-state index contributed by atoms with van der Waals surface area (Å²) in [5, 5.41) is 11.7. The molecule has 3 aromatic rings. The number of carbonyl (C=O) groups is 2. The molecule has 0 aromatic heterocycles. The smallest absolute Gasteiger partial charge is 0.300 e. The van der Waals surface area contributed by atoms with Crippen molar-refractivity contribution in [1.29, 1.82) is 0 Å². The van der Waals surface area contributed by atoms with Crippen LogP contribution in [0.15, 0.2) is 72.3 Å². The first kappa shape index (κ1) is 27.0. The van der Waals surface area contributed by atoms with Crippen molar-refractivity contribution in [2.45, 2.75) is 52.5 Å². The van der Waals surface area contributed by atoms with Crippen molar-refractivity contribution in [3.63, 3.8) is 0 Å². The Hall–Kier alpha value is -4.06. The van der Waals surface area contributed by atoms with E-state index in [9.17, 15) is 14.7 Å². The van der Waals surface area contributed by atoms with Crippen molar-refractivity contribution in [2.75, 3.05) is 18.6 Å². The molecule has 1 atom stereocenters. The van der Waals surface area contributed by atoms with Crippen molar-refractivity contribution in [2.24, 2.45) is 0 Å². The normalized spacial score (nSPS) is 17.1. The molecule has 1 saturated heterocycles. The molecule has 3 aromatic carbocycles. The summed E-state index contributed by atoms with van der Waals surface area (Å²) in [6.45, 7) is 10.7. The van der Waals surface area contributed by atoms with Crippen molar-refractivity contribution in [3.05, 3.63) is 94.6 Å². The maximum absolute atomic E-state index is 13.6. The Morgan fingerprint density at radius 1 is 0.974 bits per heavy atom. The van der Waals surface area contributed by atoms with E-state index in [4.69, 9.17) is 9.47 Å². The lowest BCUT2D eigenvalue weighted by Crippen LogP contribution is -2.29. The molecule has 4 rings (SSSR count). The molecule has 1 aliphatic heterocycles. The monoisotopic (exact) mass is 513 g/mol. The number of hydrogen-bond donors (Lipinski definition) is 1. The van der Waals surface area contributed by atoms with Gasteiger partial charge in [-0.05, 0) is 65.8 Å². The largest absolute Gasteiger partial charge is 0.507 e. The fourth-order valence-electron chi connectivity index (χ4n) is 4.66. The molecular weight excluding hydrogens is 478 g/mol. The molecule has 38 heavy (non-hydrogen) atoms. The first-order valence-corrected chi connectivity index (χ1v) is 12.9. The van der Waals surface area contributed by atoms with Crippen LogP contribution in [0.4, 0.5) is 5.69 Å². The van der Waals surface area contributed by atoms with E-state index in [0.29, 0.717) is 34.9 Å². The molecule has 0 aliphatic carbocycles. The predicted molar refractivity (Wildman–Crippen MR) is 150 cm³/mol. The third kappa shape index (κ3) is 5.17. The maximum Gasteiger partial charge on any atom is 0.300 e. The van der Waals surface area contributed by atoms with Gasteiger partial charge >= 0.3 is 0 Å². The second-order valence-corrected chi connectivity index (χ2v) is 10.6. The minimum absolute atomic E-state index is 0.0392. The minimum Gasteiger partial charge on any atom is -0.507 e. The van der Waals surface area contributed by atoms with Gasteiger partial charge in [0.1, 0.15) is 17.3 Å². The summed E-state index contributed by atoms with van der Waals surface area (Å²) in [6, 6.07) is 19.3. The van der Waals surface area contributed by atoms with Gasteiger partial charge in [0, 0.05) is 17.3 Å². The molecular formula is C32H35NO5. The lowest BCUT2D eigenvalue weighted by Gasteiger charge is -2.26. The third-order valence-corrected chi connectivity index (χ3v) is 6.78. The Bertz CT molecular complexity index is 1400. The first-order chi connectivity index (χ1) is 18.1. The molecule has 1 aliphatic rings. The first-order valence-electron chi connectivity index (χ1n) is 12.9. The van der Waals surface area contributed by atoms with Crippen LogP contribution in [0.25, 0.3) is 5.76 Å². The standard InChI is InChI=1S/C32H35NO5/c1-7-16-38-25-13-9-11-23(19-25)33-28(21-10-8-12-24(17-21)37-6)27(30(35)31(33)36)29(34)26-18-22(32(3,4)5)15-14-20(26)2/h8-15,17-19,28,34H,7,16H2,1-6H3/b29-27+. The van der Waals surface area contributed by atoms with Crippen molar-refractivity contribution in [3.8, 4) is 11.5 Å². The van der Waals surface area contributed by atoms with Crippen LogP contribution in [-0.4, -0.2) is 30.5 Å². The summed E-state index contributed by atoms with van der Waals surface area (Å²) < 4.78 is 11.2. The van der Waals surface area contributed by atoms with E-state index in [1.54, 1.807) is 43.5 Å². The zero-order chi connectivity index (χ0) is 27.6. The molecule has 6 heteroatoms. The molecule has 0 radical (unpaired) electrons. The summed E-state index contributed by atoms with van der Waals surface area (Å²) in [7, 11) is 1.56. The zero-order valence-corrected chi connectivity index (χ0v) is 22.9. The zero-order valence-electron chi connectivity index (χ0n) is 22.9. The van der Waals surface area contributed by atoms with E-state index in [1.807, 2.05) is 44.2 Å². The van der Waals surface area contributed by atoms with Crippen molar-refractivity contribution >= 4 is 23.1 Å². The number of Topliss-reactive ketones (excluding diaryl/α,β-unsaturated/α-hetero) is 1. The van der Waals surface area contributed by atoms with Gasteiger partial charge in [-0.2, -0.15) is 0 Å². The van der Waals surface area contributed by atoms with Gasteiger partial charge in [-0.25, -0.2) is 0 Å². The van der Waals surface area contributed by atoms with Gasteiger partial charge in [0.15, 0.2) is 0 Å². The van der Waals surface area contributed by atoms with Crippen molar-refractivity contribution in [1.82, 2.24) is 0 Å². The Labute approximate surface area is 224 Å². The second kappa shape index (κ2) is 10.7. The highest BCUT2D eigenvalue weighted by Gasteiger charge is 2.47. The number of aliphatic hydroxyl groups is 1. The Balaban J connectivity index is 1.95. The Morgan fingerprint density at radius 3 is 2.37 bits per heavy atom. The topological polar surface area (TPSA) is 76.1 Å². The molecule has 0 spiro atoms. The van der Waals surface area contributed by atoms with Crippen LogP contribution in [-0.2, 0) is 15.0 Å². The molecule has 1 amide bonds. The van der Waals surface area contributed by atoms with E-state index in [1.165, 1.54) is 4.90 Å². The Morgan fingerprint density at radius 2 is 1.68 bits per heavy atom. The number of aliphatic hydroxyl groups excluding tert-OH is 1. The number of nitrogens with zero attached hydrogens (tertiary/aromatic N) is 1. The molecule has 0 saturated carbocycles. The van der Waals surface area contributed by atoms with Crippen LogP contribution in [0.2, 0.25) is 0 Å². The van der Waals surface area contributed by atoms with Gasteiger partial charge < -0.3 is 14.6 Å². The van der Waals surface area contributed by atoms with Gasteiger partial charge in [-0.3, -0.25) is 14.5 Å². The number of carbonyl (C=O) groups excluding carboxylic acids is 2. The molecule has 1 heterocycles. The number of anilines is 1. The number of benzene rings is 3. The summed E-state index contributed by atoms with van der Waals surface area (Å²) in [4.78, 5) is 28.6. The number of rotatable bonds is 7. The van der Waals surface area contributed by atoms with E-state index in [0.717, 1.165) is 17.5 Å². The highest BCUT2D eigenvalue weighted by molar-refractivity contribution is 6.51. The lowest BCUT2D eigenvalue weighted by molar-refractivity contribution is -0.132. The van der Waals surface area contributed by atoms with E-state index in [2.05, 4.69) is 20.8 Å². The van der Waals surface area contributed by atoms with Gasteiger partial charge in [-0.15, -0.1) is 0 Å². The molecule has 6 nitrogen and oxygen atoms in total. The van der Waals surface area contributed by atoms with Crippen LogP contribution >= 0.6 is 0 Å². The van der Waals surface area contributed by atoms with Crippen LogP contribution in [0.5, 0.6) is 11.5 Å². The molecule has 198 valence electrons.